The minimum atomic E-state index is 0.0806. The van der Waals surface area contributed by atoms with E-state index in [0.717, 1.165) is 10.6 Å². The number of hydrogen-bond acceptors (Lipinski definition) is 3. The molecule has 3 nitrogen and oxygen atoms in total. The molecule has 0 saturated carbocycles. The van der Waals surface area contributed by atoms with Crippen molar-refractivity contribution in [3.05, 3.63) is 24.3 Å². The topological polar surface area (TPSA) is 38.3 Å². The third kappa shape index (κ3) is 5.00. The van der Waals surface area contributed by atoms with Gasteiger partial charge in [0.1, 0.15) is 5.75 Å². The molecule has 1 amide bonds. The first-order valence-corrected chi connectivity index (χ1v) is 7.07. The summed E-state index contributed by atoms with van der Waals surface area (Å²) >= 11 is 1.53. The largest absolute Gasteiger partial charge is 0.497 e. The van der Waals surface area contributed by atoms with Gasteiger partial charge in [-0.05, 0) is 37.1 Å². The van der Waals surface area contributed by atoms with Crippen molar-refractivity contribution in [3.63, 3.8) is 0 Å². The van der Waals surface area contributed by atoms with E-state index in [1.165, 1.54) is 11.8 Å². The van der Waals surface area contributed by atoms with Crippen molar-refractivity contribution in [2.75, 3.05) is 12.9 Å². The smallest absolute Gasteiger partial charge is 0.230 e. The Kier molecular flexibility index (Phi) is 6.05. The van der Waals surface area contributed by atoms with Gasteiger partial charge in [-0.25, -0.2) is 0 Å². The third-order valence-corrected chi connectivity index (χ3v) is 3.83. The maximum Gasteiger partial charge on any atom is 0.230 e. The lowest BCUT2D eigenvalue weighted by molar-refractivity contribution is -0.119. The second-order valence-electron chi connectivity index (χ2n) is 4.56. The molecule has 18 heavy (non-hydrogen) atoms. The third-order valence-electron chi connectivity index (χ3n) is 2.82. The van der Waals surface area contributed by atoms with Gasteiger partial charge in [-0.1, -0.05) is 13.8 Å². The van der Waals surface area contributed by atoms with Crippen molar-refractivity contribution in [1.82, 2.24) is 5.32 Å². The lowest BCUT2D eigenvalue weighted by Gasteiger charge is -2.17. The molecule has 0 fully saturated rings. The summed E-state index contributed by atoms with van der Waals surface area (Å²) in [5, 5.41) is 2.99. The summed E-state index contributed by atoms with van der Waals surface area (Å²) in [5.74, 6) is 1.82. The maximum atomic E-state index is 11.7. The molecule has 0 heterocycles. The van der Waals surface area contributed by atoms with Gasteiger partial charge in [0.2, 0.25) is 5.91 Å². The average Bonchev–Trinajstić information content (AvgIpc) is 2.36. The van der Waals surface area contributed by atoms with Gasteiger partial charge in [-0.2, -0.15) is 0 Å². The molecule has 4 heteroatoms. The molecule has 1 aromatic carbocycles. The molecule has 0 aromatic heterocycles. The van der Waals surface area contributed by atoms with Crippen molar-refractivity contribution < 1.29 is 9.53 Å². The highest BCUT2D eigenvalue weighted by Gasteiger charge is 2.10. The van der Waals surface area contributed by atoms with Crippen molar-refractivity contribution in [2.45, 2.75) is 31.7 Å². The van der Waals surface area contributed by atoms with E-state index < -0.39 is 0 Å². The number of hydrogen-bond donors (Lipinski definition) is 1. The predicted molar refractivity (Wildman–Crippen MR) is 76.2 cm³/mol. The molecule has 0 bridgehead atoms. The first-order valence-electron chi connectivity index (χ1n) is 6.09. The Morgan fingerprint density at radius 2 is 1.89 bits per heavy atom. The van der Waals surface area contributed by atoms with Crippen LogP contribution in [0, 0.1) is 5.92 Å². The van der Waals surface area contributed by atoms with E-state index >= 15 is 0 Å². The highest BCUT2D eigenvalue weighted by atomic mass is 32.2. The van der Waals surface area contributed by atoms with Crippen molar-refractivity contribution >= 4 is 17.7 Å². The Labute approximate surface area is 113 Å². The number of ether oxygens (including phenoxy) is 1. The fourth-order valence-corrected chi connectivity index (χ4v) is 1.99. The summed E-state index contributed by atoms with van der Waals surface area (Å²) in [6, 6.07) is 7.94. The number of amides is 1. The summed E-state index contributed by atoms with van der Waals surface area (Å²) in [4.78, 5) is 12.8. The Morgan fingerprint density at radius 1 is 1.28 bits per heavy atom. The summed E-state index contributed by atoms with van der Waals surface area (Å²) in [6.45, 7) is 6.23. The van der Waals surface area contributed by atoms with E-state index in [1.807, 2.05) is 31.2 Å². The molecule has 0 aliphatic heterocycles. The van der Waals surface area contributed by atoms with Gasteiger partial charge in [0.15, 0.2) is 0 Å². The number of carbonyl (C=O) groups is 1. The van der Waals surface area contributed by atoms with E-state index in [-0.39, 0.29) is 11.9 Å². The van der Waals surface area contributed by atoms with Crippen LogP contribution >= 0.6 is 11.8 Å². The van der Waals surface area contributed by atoms with Crippen LogP contribution in [0.5, 0.6) is 5.75 Å². The quantitative estimate of drug-likeness (QED) is 0.805. The molecule has 0 aliphatic carbocycles. The average molecular weight is 267 g/mol. The van der Waals surface area contributed by atoms with Gasteiger partial charge in [-0.15, -0.1) is 11.8 Å². The Bertz CT molecular complexity index is 376. The predicted octanol–water partition coefficient (Wildman–Crippen LogP) is 2.95. The lowest BCUT2D eigenvalue weighted by atomic mass is 10.1. The van der Waals surface area contributed by atoms with Gasteiger partial charge in [0.25, 0.3) is 0 Å². The first kappa shape index (κ1) is 14.9. The van der Waals surface area contributed by atoms with Crippen LogP contribution in [-0.4, -0.2) is 24.8 Å². The zero-order chi connectivity index (χ0) is 13.5. The maximum absolute atomic E-state index is 11.7. The number of carbonyl (C=O) groups excluding carboxylic acids is 1. The minimum Gasteiger partial charge on any atom is -0.497 e. The number of thioether (sulfide) groups is 1. The standard InChI is InChI=1S/C14H21NO2S/c1-10(2)11(3)15-14(16)9-18-13-7-5-12(17-4)6-8-13/h5-8,10-11H,9H2,1-4H3,(H,15,16)/t11-/m0/s1. The Morgan fingerprint density at radius 3 is 2.39 bits per heavy atom. The van der Waals surface area contributed by atoms with Gasteiger partial charge in [0.05, 0.1) is 12.9 Å². The lowest BCUT2D eigenvalue weighted by Crippen LogP contribution is -2.37. The van der Waals surface area contributed by atoms with E-state index in [4.69, 9.17) is 4.74 Å². The second kappa shape index (κ2) is 7.31. The summed E-state index contributed by atoms with van der Waals surface area (Å²) in [6.07, 6.45) is 0. The molecule has 0 aliphatic rings. The number of methoxy groups -OCH3 is 1. The van der Waals surface area contributed by atoms with Crippen LogP contribution in [0.15, 0.2) is 29.2 Å². The van der Waals surface area contributed by atoms with Crippen LogP contribution in [0.25, 0.3) is 0 Å². The molecule has 0 saturated heterocycles. The molecule has 1 N–H and O–H groups in total. The molecule has 100 valence electrons. The van der Waals surface area contributed by atoms with Crippen molar-refractivity contribution in [3.8, 4) is 5.75 Å². The van der Waals surface area contributed by atoms with Crippen LogP contribution < -0.4 is 10.1 Å². The molecule has 0 radical (unpaired) electrons. The number of benzene rings is 1. The van der Waals surface area contributed by atoms with Gasteiger partial charge >= 0.3 is 0 Å². The van der Waals surface area contributed by atoms with Crippen LogP contribution in [0.2, 0.25) is 0 Å². The van der Waals surface area contributed by atoms with Gasteiger partial charge < -0.3 is 10.1 Å². The monoisotopic (exact) mass is 267 g/mol. The number of nitrogens with one attached hydrogen (secondary N) is 1. The fourth-order valence-electron chi connectivity index (χ4n) is 1.28. The minimum absolute atomic E-state index is 0.0806. The number of rotatable bonds is 6. The fraction of sp³-hybridized carbons (Fsp3) is 0.500. The highest BCUT2D eigenvalue weighted by Crippen LogP contribution is 2.21. The van der Waals surface area contributed by atoms with E-state index in [9.17, 15) is 4.79 Å². The van der Waals surface area contributed by atoms with Crippen molar-refractivity contribution in [1.29, 1.82) is 0 Å². The summed E-state index contributed by atoms with van der Waals surface area (Å²) in [7, 11) is 1.64. The normalized spacial score (nSPS) is 12.3. The zero-order valence-corrected chi connectivity index (χ0v) is 12.2. The van der Waals surface area contributed by atoms with E-state index in [1.54, 1.807) is 7.11 Å². The molecule has 0 spiro atoms. The van der Waals surface area contributed by atoms with Crippen LogP contribution in [0.3, 0.4) is 0 Å². The van der Waals surface area contributed by atoms with Crippen LogP contribution in [0.1, 0.15) is 20.8 Å². The molecule has 1 aromatic rings. The molecular formula is C14H21NO2S. The Hall–Kier alpha value is -1.16. The molecular weight excluding hydrogens is 246 g/mol. The van der Waals surface area contributed by atoms with Crippen LogP contribution in [0.4, 0.5) is 0 Å². The highest BCUT2D eigenvalue weighted by molar-refractivity contribution is 8.00. The molecule has 1 rings (SSSR count). The SMILES string of the molecule is COc1ccc(SCC(=O)N[C@@H](C)C(C)C)cc1. The van der Waals surface area contributed by atoms with E-state index in [2.05, 4.69) is 19.2 Å². The van der Waals surface area contributed by atoms with Crippen molar-refractivity contribution in [2.24, 2.45) is 5.92 Å². The van der Waals surface area contributed by atoms with E-state index in [0.29, 0.717) is 11.7 Å². The first-order chi connectivity index (χ1) is 8.52. The van der Waals surface area contributed by atoms with Gasteiger partial charge in [0, 0.05) is 10.9 Å². The second-order valence-corrected chi connectivity index (χ2v) is 5.61. The zero-order valence-electron chi connectivity index (χ0n) is 11.4. The van der Waals surface area contributed by atoms with Gasteiger partial charge in [-0.3, -0.25) is 4.79 Å². The van der Waals surface area contributed by atoms with Crippen LogP contribution in [-0.2, 0) is 4.79 Å². The summed E-state index contributed by atoms with van der Waals surface area (Å²) in [5.41, 5.74) is 0. The Balaban J connectivity index is 2.37. The molecule has 0 unspecified atom stereocenters. The molecule has 1 atom stereocenters. The summed E-state index contributed by atoms with van der Waals surface area (Å²) < 4.78 is 5.09.